The molecule has 0 amide bonds. The maximum atomic E-state index is 10.9. The molecule has 0 saturated heterocycles. The van der Waals surface area contributed by atoms with Gasteiger partial charge in [0, 0.05) is 25.5 Å². The van der Waals surface area contributed by atoms with Crippen molar-refractivity contribution in [2.45, 2.75) is 0 Å². The van der Waals surface area contributed by atoms with E-state index in [1.54, 1.807) is 7.05 Å². The van der Waals surface area contributed by atoms with Crippen molar-refractivity contribution in [1.29, 1.82) is 0 Å². The third-order valence-corrected chi connectivity index (χ3v) is 2.73. The minimum absolute atomic E-state index is 0.0181. The normalized spacial score (nSPS) is 10.9. The largest absolute Gasteiger partial charge is 0.476 e. The Balaban J connectivity index is 2.16. The van der Waals surface area contributed by atoms with Crippen LogP contribution in [0.1, 0.15) is 10.5 Å². The van der Waals surface area contributed by atoms with Gasteiger partial charge in [-0.05, 0) is 12.1 Å². The van der Waals surface area contributed by atoms with Gasteiger partial charge in [0.15, 0.2) is 5.69 Å². The second-order valence-electron chi connectivity index (χ2n) is 3.94. The maximum Gasteiger partial charge on any atom is 0.356 e. The maximum absolute atomic E-state index is 10.9. The zero-order chi connectivity index (χ0) is 12.7. The lowest BCUT2D eigenvalue weighted by Gasteiger charge is -1.94. The summed E-state index contributed by atoms with van der Waals surface area (Å²) in [5, 5.41) is 12.8. The summed E-state index contributed by atoms with van der Waals surface area (Å²) in [7, 11) is 1.70. The predicted octanol–water partition coefficient (Wildman–Crippen LogP) is 1.43. The first kappa shape index (κ1) is 10.5. The number of aryl methyl sites for hydroxylation is 1. The number of nitrogens with zero attached hydrogens (tertiary/aromatic N) is 4. The first-order valence-corrected chi connectivity index (χ1v) is 5.36. The molecule has 0 radical (unpaired) electrons. The monoisotopic (exact) mass is 242 g/mol. The summed E-state index contributed by atoms with van der Waals surface area (Å²) in [6.45, 7) is 0. The average molecular weight is 242 g/mol. The SMILES string of the molecule is Cn1nc(C(=O)O)cc1-c1cn2ccccc2n1. The Morgan fingerprint density at radius 3 is 2.89 bits per heavy atom. The van der Waals surface area contributed by atoms with Crippen molar-refractivity contribution in [3.8, 4) is 11.4 Å². The number of fused-ring (bicyclic) bond motifs is 1. The standard InChI is InChI=1S/C12H10N4O2/c1-15-10(6-8(14-15)12(17)18)9-7-16-5-3-2-4-11(16)13-9/h2-7H,1H3,(H,17,18). The molecule has 0 aliphatic heterocycles. The van der Waals surface area contributed by atoms with E-state index in [0.29, 0.717) is 11.4 Å². The van der Waals surface area contributed by atoms with E-state index in [9.17, 15) is 4.79 Å². The zero-order valence-electron chi connectivity index (χ0n) is 9.61. The van der Waals surface area contributed by atoms with E-state index >= 15 is 0 Å². The van der Waals surface area contributed by atoms with Crippen molar-refractivity contribution < 1.29 is 9.90 Å². The molecule has 0 aliphatic carbocycles. The molecule has 3 heterocycles. The average Bonchev–Trinajstić information content (AvgIpc) is 2.91. The summed E-state index contributed by atoms with van der Waals surface area (Å²) >= 11 is 0. The molecule has 0 aromatic carbocycles. The number of carboxylic acid groups (broad SMARTS) is 1. The lowest BCUT2D eigenvalue weighted by Crippen LogP contribution is -1.99. The summed E-state index contributed by atoms with van der Waals surface area (Å²) in [5.41, 5.74) is 2.20. The minimum atomic E-state index is -1.04. The summed E-state index contributed by atoms with van der Waals surface area (Å²) in [5.74, 6) is -1.04. The van der Waals surface area contributed by atoms with Gasteiger partial charge in [-0.15, -0.1) is 0 Å². The Hall–Kier alpha value is -2.63. The third kappa shape index (κ3) is 1.55. The molecule has 3 aromatic heterocycles. The van der Waals surface area contributed by atoms with Crippen LogP contribution in [-0.2, 0) is 7.05 Å². The molecule has 0 unspecified atom stereocenters. The highest BCUT2D eigenvalue weighted by Gasteiger charge is 2.14. The number of hydrogen-bond donors (Lipinski definition) is 1. The van der Waals surface area contributed by atoms with Crippen LogP contribution in [0.3, 0.4) is 0 Å². The summed E-state index contributed by atoms with van der Waals surface area (Å²) in [6.07, 6.45) is 3.73. The van der Waals surface area contributed by atoms with Gasteiger partial charge in [0.25, 0.3) is 0 Å². The number of hydrogen-bond acceptors (Lipinski definition) is 3. The fourth-order valence-corrected chi connectivity index (χ4v) is 1.87. The van der Waals surface area contributed by atoms with E-state index < -0.39 is 5.97 Å². The number of pyridine rings is 1. The molecular weight excluding hydrogens is 232 g/mol. The van der Waals surface area contributed by atoms with Gasteiger partial charge in [0.1, 0.15) is 11.3 Å². The highest BCUT2D eigenvalue weighted by Crippen LogP contribution is 2.19. The molecule has 0 saturated carbocycles. The van der Waals surface area contributed by atoms with Crippen molar-refractivity contribution >= 4 is 11.6 Å². The quantitative estimate of drug-likeness (QED) is 0.737. The number of rotatable bonds is 2. The molecule has 0 spiro atoms. The van der Waals surface area contributed by atoms with Crippen LogP contribution in [0, 0.1) is 0 Å². The van der Waals surface area contributed by atoms with Crippen LogP contribution < -0.4 is 0 Å². The molecule has 6 heteroatoms. The van der Waals surface area contributed by atoms with Gasteiger partial charge in [-0.3, -0.25) is 4.68 Å². The second kappa shape index (κ2) is 3.69. The highest BCUT2D eigenvalue weighted by molar-refractivity contribution is 5.86. The molecule has 0 atom stereocenters. The Kier molecular flexibility index (Phi) is 2.16. The van der Waals surface area contributed by atoms with Gasteiger partial charge in [-0.25, -0.2) is 9.78 Å². The van der Waals surface area contributed by atoms with Gasteiger partial charge >= 0.3 is 5.97 Å². The van der Waals surface area contributed by atoms with Crippen molar-refractivity contribution in [2.24, 2.45) is 7.05 Å². The fraction of sp³-hybridized carbons (Fsp3) is 0.0833. The summed E-state index contributed by atoms with van der Waals surface area (Å²) < 4.78 is 3.40. The highest BCUT2D eigenvalue weighted by atomic mass is 16.4. The lowest BCUT2D eigenvalue weighted by molar-refractivity contribution is 0.0689. The topological polar surface area (TPSA) is 72.4 Å². The van der Waals surface area contributed by atoms with Gasteiger partial charge in [-0.1, -0.05) is 6.07 Å². The van der Waals surface area contributed by atoms with Gasteiger partial charge in [0.05, 0.1) is 5.69 Å². The molecule has 3 aromatic rings. The van der Waals surface area contributed by atoms with Crippen LogP contribution in [0.15, 0.2) is 36.7 Å². The van der Waals surface area contributed by atoms with E-state index in [0.717, 1.165) is 5.65 Å². The van der Waals surface area contributed by atoms with Crippen LogP contribution in [0.5, 0.6) is 0 Å². The molecular formula is C12H10N4O2. The summed E-state index contributed by atoms with van der Waals surface area (Å²) in [6, 6.07) is 7.21. The lowest BCUT2D eigenvalue weighted by atomic mass is 10.3. The van der Waals surface area contributed by atoms with Crippen molar-refractivity contribution in [1.82, 2.24) is 19.2 Å². The van der Waals surface area contributed by atoms with Gasteiger partial charge in [-0.2, -0.15) is 5.10 Å². The number of carboxylic acids is 1. The molecule has 1 N–H and O–H groups in total. The van der Waals surface area contributed by atoms with E-state index in [1.165, 1.54) is 10.7 Å². The zero-order valence-corrected chi connectivity index (χ0v) is 9.61. The molecule has 18 heavy (non-hydrogen) atoms. The van der Waals surface area contributed by atoms with E-state index in [-0.39, 0.29) is 5.69 Å². The van der Waals surface area contributed by atoms with Crippen molar-refractivity contribution in [3.63, 3.8) is 0 Å². The smallest absolute Gasteiger partial charge is 0.356 e. The van der Waals surface area contributed by atoms with Crippen molar-refractivity contribution in [2.75, 3.05) is 0 Å². The molecule has 0 fully saturated rings. The van der Waals surface area contributed by atoms with Crippen LogP contribution in [-0.4, -0.2) is 30.2 Å². The predicted molar refractivity (Wildman–Crippen MR) is 64.4 cm³/mol. The second-order valence-corrected chi connectivity index (χ2v) is 3.94. The minimum Gasteiger partial charge on any atom is -0.476 e. The number of aromatic nitrogens is 4. The molecule has 0 aliphatic rings. The first-order chi connectivity index (χ1) is 8.65. The van der Waals surface area contributed by atoms with Gasteiger partial charge < -0.3 is 9.51 Å². The Morgan fingerprint density at radius 1 is 1.39 bits per heavy atom. The number of aromatic carboxylic acids is 1. The molecule has 0 bridgehead atoms. The molecule has 90 valence electrons. The third-order valence-electron chi connectivity index (χ3n) is 2.73. The number of carbonyl (C=O) groups is 1. The van der Waals surface area contributed by atoms with E-state index in [4.69, 9.17) is 5.11 Å². The Labute approximate surface area is 102 Å². The van der Waals surface area contributed by atoms with E-state index in [1.807, 2.05) is 35.0 Å². The van der Waals surface area contributed by atoms with E-state index in [2.05, 4.69) is 10.1 Å². The van der Waals surface area contributed by atoms with Crippen molar-refractivity contribution in [3.05, 3.63) is 42.4 Å². The Morgan fingerprint density at radius 2 is 2.22 bits per heavy atom. The summed E-state index contributed by atoms with van der Waals surface area (Å²) in [4.78, 5) is 15.3. The van der Waals surface area contributed by atoms with Gasteiger partial charge in [0.2, 0.25) is 0 Å². The van der Waals surface area contributed by atoms with Crippen LogP contribution in [0.4, 0.5) is 0 Å². The molecule has 3 rings (SSSR count). The fourth-order valence-electron chi connectivity index (χ4n) is 1.87. The van der Waals surface area contributed by atoms with Crippen LogP contribution >= 0.6 is 0 Å². The molecule has 6 nitrogen and oxygen atoms in total. The van der Waals surface area contributed by atoms with Crippen LogP contribution in [0.2, 0.25) is 0 Å². The number of imidazole rings is 1. The first-order valence-electron chi connectivity index (χ1n) is 5.36. The Bertz CT molecular complexity index is 708. The van der Waals surface area contributed by atoms with Crippen LogP contribution in [0.25, 0.3) is 17.0 Å².